The van der Waals surface area contributed by atoms with Crippen molar-refractivity contribution in [3.05, 3.63) is 24.3 Å². The van der Waals surface area contributed by atoms with Gasteiger partial charge in [0.2, 0.25) is 10.0 Å². The van der Waals surface area contributed by atoms with Crippen molar-refractivity contribution in [1.29, 1.82) is 0 Å². The molecule has 114 valence electrons. The van der Waals surface area contributed by atoms with Crippen LogP contribution in [0, 0.1) is 5.92 Å². The maximum Gasteiger partial charge on any atom is 0.240 e. The molecule has 1 saturated carbocycles. The minimum atomic E-state index is -3.34. The van der Waals surface area contributed by atoms with E-state index in [0.29, 0.717) is 10.9 Å². The number of anilines is 1. The zero-order valence-electron chi connectivity index (χ0n) is 12.0. The highest BCUT2D eigenvalue weighted by Gasteiger charge is 2.37. The van der Waals surface area contributed by atoms with Crippen LogP contribution < -0.4 is 14.9 Å². The first-order valence-electron chi connectivity index (χ1n) is 7.73. The molecule has 1 aliphatic carbocycles. The second kappa shape index (κ2) is 4.97. The Bertz CT molecular complexity index is 625. The van der Waals surface area contributed by atoms with Gasteiger partial charge in [-0.2, -0.15) is 0 Å². The molecule has 0 aromatic heterocycles. The van der Waals surface area contributed by atoms with Gasteiger partial charge >= 0.3 is 0 Å². The van der Waals surface area contributed by atoms with Crippen molar-refractivity contribution in [3.8, 4) is 0 Å². The summed E-state index contributed by atoms with van der Waals surface area (Å²) in [7, 11) is -3.34. The van der Waals surface area contributed by atoms with Crippen LogP contribution in [-0.2, 0) is 10.0 Å². The maximum atomic E-state index is 12.2. The summed E-state index contributed by atoms with van der Waals surface area (Å²) in [5, 5.41) is 3.44. The van der Waals surface area contributed by atoms with E-state index in [-0.39, 0.29) is 6.04 Å². The molecule has 6 heteroatoms. The zero-order chi connectivity index (χ0) is 14.4. The molecular weight excluding hydrogens is 286 g/mol. The van der Waals surface area contributed by atoms with Crippen LogP contribution in [-0.4, -0.2) is 40.1 Å². The summed E-state index contributed by atoms with van der Waals surface area (Å²) in [5.41, 5.74) is 1.14. The number of hydrogen-bond donors (Lipinski definition) is 2. The smallest absolute Gasteiger partial charge is 0.240 e. The normalized spacial score (nSPS) is 28.9. The lowest BCUT2D eigenvalue weighted by molar-refractivity contribution is 0.578. The highest BCUT2D eigenvalue weighted by molar-refractivity contribution is 7.89. The minimum Gasteiger partial charge on any atom is -0.367 e. The first-order chi connectivity index (χ1) is 10.1. The number of nitrogens with one attached hydrogen (secondary N) is 2. The second-order valence-electron chi connectivity index (χ2n) is 6.36. The zero-order valence-corrected chi connectivity index (χ0v) is 12.8. The van der Waals surface area contributed by atoms with Crippen LogP contribution in [0.4, 0.5) is 5.69 Å². The van der Waals surface area contributed by atoms with Crippen LogP contribution in [0.1, 0.15) is 19.3 Å². The average Bonchev–Trinajstić information content (AvgIpc) is 3.00. The van der Waals surface area contributed by atoms with Gasteiger partial charge in [0.15, 0.2) is 0 Å². The molecule has 4 rings (SSSR count). The van der Waals surface area contributed by atoms with Gasteiger partial charge in [0.1, 0.15) is 0 Å². The lowest BCUT2D eigenvalue weighted by atomic mass is 10.1. The summed E-state index contributed by atoms with van der Waals surface area (Å²) in [6, 6.07) is 8.08. The molecular formula is C15H21N3O2S. The third-order valence-electron chi connectivity index (χ3n) is 4.82. The van der Waals surface area contributed by atoms with Gasteiger partial charge in [-0.05, 0) is 49.4 Å². The lowest BCUT2D eigenvalue weighted by Crippen LogP contribution is -2.34. The highest BCUT2D eigenvalue weighted by Crippen LogP contribution is 2.32. The third kappa shape index (κ3) is 2.56. The molecule has 2 N–H and O–H groups in total. The van der Waals surface area contributed by atoms with Gasteiger partial charge in [0, 0.05) is 37.4 Å². The molecule has 2 saturated heterocycles. The van der Waals surface area contributed by atoms with E-state index in [1.54, 1.807) is 12.1 Å². The molecule has 21 heavy (non-hydrogen) atoms. The monoisotopic (exact) mass is 307 g/mol. The number of fused-ring (bicyclic) bond motifs is 1. The molecule has 0 spiro atoms. The van der Waals surface area contributed by atoms with Gasteiger partial charge in [-0.3, -0.25) is 0 Å². The molecule has 2 aliphatic heterocycles. The molecule has 1 aromatic carbocycles. The van der Waals surface area contributed by atoms with Gasteiger partial charge < -0.3 is 10.2 Å². The van der Waals surface area contributed by atoms with Crippen molar-refractivity contribution in [2.75, 3.05) is 24.5 Å². The highest BCUT2D eigenvalue weighted by atomic mass is 32.2. The fraction of sp³-hybridized carbons (Fsp3) is 0.600. The van der Waals surface area contributed by atoms with Gasteiger partial charge in [-0.15, -0.1) is 0 Å². The summed E-state index contributed by atoms with van der Waals surface area (Å²) in [4.78, 5) is 2.79. The van der Waals surface area contributed by atoms with E-state index in [4.69, 9.17) is 0 Å². The van der Waals surface area contributed by atoms with Crippen LogP contribution in [0.5, 0.6) is 0 Å². The standard InChI is InChI=1S/C15H21N3O2S/c19-21(20,17-12-1-2-12)14-5-3-13(4-6-14)18-8-7-11-9-16-10-15(11)18/h3-6,11-12,15-17H,1-2,7-10H2/t11-,15+/m0/s1. The fourth-order valence-electron chi connectivity index (χ4n) is 3.48. The molecule has 0 radical (unpaired) electrons. The Morgan fingerprint density at radius 2 is 1.86 bits per heavy atom. The first kappa shape index (κ1) is 13.5. The predicted molar refractivity (Wildman–Crippen MR) is 81.9 cm³/mol. The summed E-state index contributed by atoms with van der Waals surface area (Å²) < 4.78 is 27.0. The third-order valence-corrected chi connectivity index (χ3v) is 6.36. The average molecular weight is 307 g/mol. The number of hydrogen-bond acceptors (Lipinski definition) is 4. The molecule has 3 fully saturated rings. The summed E-state index contributed by atoms with van der Waals surface area (Å²) in [6.07, 6.45) is 3.14. The quantitative estimate of drug-likeness (QED) is 0.868. The molecule has 3 aliphatic rings. The van der Waals surface area contributed by atoms with Crippen LogP contribution in [0.15, 0.2) is 29.2 Å². The maximum absolute atomic E-state index is 12.2. The van der Waals surface area contributed by atoms with Crippen LogP contribution in [0.2, 0.25) is 0 Å². The van der Waals surface area contributed by atoms with Crippen LogP contribution in [0.3, 0.4) is 0 Å². The Balaban J connectivity index is 1.53. The topological polar surface area (TPSA) is 61.4 Å². The number of nitrogens with zero attached hydrogens (tertiary/aromatic N) is 1. The van der Waals surface area contributed by atoms with Gasteiger partial charge in [-0.1, -0.05) is 0 Å². The van der Waals surface area contributed by atoms with Gasteiger partial charge in [0.05, 0.1) is 4.90 Å². The summed E-state index contributed by atoms with van der Waals surface area (Å²) >= 11 is 0. The van der Waals surface area contributed by atoms with E-state index < -0.39 is 10.0 Å². The fourth-order valence-corrected chi connectivity index (χ4v) is 4.78. The Morgan fingerprint density at radius 3 is 2.57 bits per heavy atom. The van der Waals surface area contributed by atoms with Crippen molar-refractivity contribution in [2.24, 2.45) is 5.92 Å². The van der Waals surface area contributed by atoms with E-state index in [1.165, 1.54) is 6.42 Å². The molecule has 0 unspecified atom stereocenters. The molecule has 0 bridgehead atoms. The Labute approximate surface area is 125 Å². The largest absolute Gasteiger partial charge is 0.367 e. The van der Waals surface area contributed by atoms with E-state index in [2.05, 4.69) is 14.9 Å². The first-order valence-corrected chi connectivity index (χ1v) is 9.21. The molecule has 2 heterocycles. The van der Waals surface area contributed by atoms with E-state index >= 15 is 0 Å². The Kier molecular flexibility index (Phi) is 3.20. The molecule has 5 nitrogen and oxygen atoms in total. The predicted octanol–water partition coefficient (Wildman–Crippen LogP) is 0.925. The van der Waals surface area contributed by atoms with Gasteiger partial charge in [-0.25, -0.2) is 13.1 Å². The SMILES string of the molecule is O=S(=O)(NC1CC1)c1ccc(N2CC[C@H]3CNC[C@H]32)cc1. The van der Waals surface area contributed by atoms with Gasteiger partial charge in [0.25, 0.3) is 0 Å². The molecule has 2 atom stereocenters. The van der Waals surface area contributed by atoms with Crippen molar-refractivity contribution in [2.45, 2.75) is 36.2 Å². The minimum absolute atomic E-state index is 0.151. The number of rotatable bonds is 4. The van der Waals surface area contributed by atoms with E-state index in [0.717, 1.165) is 44.1 Å². The Morgan fingerprint density at radius 1 is 1.10 bits per heavy atom. The van der Waals surface area contributed by atoms with E-state index in [1.807, 2.05) is 12.1 Å². The number of benzene rings is 1. The van der Waals surface area contributed by atoms with Crippen molar-refractivity contribution in [1.82, 2.24) is 10.0 Å². The lowest BCUT2D eigenvalue weighted by Gasteiger charge is -2.25. The summed E-state index contributed by atoms with van der Waals surface area (Å²) in [6.45, 7) is 3.22. The van der Waals surface area contributed by atoms with Crippen molar-refractivity contribution >= 4 is 15.7 Å². The van der Waals surface area contributed by atoms with Crippen molar-refractivity contribution < 1.29 is 8.42 Å². The summed E-state index contributed by atoms with van der Waals surface area (Å²) in [5.74, 6) is 0.741. The van der Waals surface area contributed by atoms with Crippen molar-refractivity contribution in [3.63, 3.8) is 0 Å². The van der Waals surface area contributed by atoms with Crippen LogP contribution >= 0.6 is 0 Å². The second-order valence-corrected chi connectivity index (χ2v) is 8.07. The number of sulfonamides is 1. The Hall–Kier alpha value is -1.11. The van der Waals surface area contributed by atoms with Crippen LogP contribution in [0.25, 0.3) is 0 Å². The molecule has 1 aromatic rings. The van der Waals surface area contributed by atoms with E-state index in [9.17, 15) is 8.42 Å². The molecule has 0 amide bonds.